The average Bonchev–Trinajstić information content (AvgIpc) is 1.00. The molecule has 0 rings (SSSR count). The van der Waals surface area contributed by atoms with Crippen LogP contribution < -0.4 is 0 Å². The minimum atomic E-state index is 0. The van der Waals surface area contributed by atoms with Gasteiger partial charge in [-0.25, -0.2) is 0 Å². The summed E-state index contributed by atoms with van der Waals surface area (Å²) in [5, 5.41) is 7.00. The number of aliphatic hydroxyl groups excluding tert-OH is 1. The summed E-state index contributed by atoms with van der Waals surface area (Å²) in [5.74, 6) is 0. The van der Waals surface area contributed by atoms with Crippen LogP contribution in [0.15, 0.2) is 0 Å². The van der Waals surface area contributed by atoms with E-state index >= 15 is 0 Å². The minimum absolute atomic E-state index is 0. The molecule has 0 unspecified atom stereocenters. The second kappa shape index (κ2) is 23.3. The fourth-order valence-corrected chi connectivity index (χ4v) is 0. The Labute approximate surface area is 64.7 Å². The van der Waals surface area contributed by atoms with Crippen molar-refractivity contribution in [1.29, 1.82) is 0 Å². The maximum absolute atomic E-state index is 7.00. The molecule has 0 radical (unpaired) electrons. The molecule has 1 N–H and O–H groups in total. The van der Waals surface area contributed by atoms with Crippen molar-refractivity contribution in [3.8, 4) is 0 Å². The van der Waals surface area contributed by atoms with E-state index in [4.69, 9.17) is 5.11 Å². The van der Waals surface area contributed by atoms with E-state index in [0.29, 0.717) is 0 Å². The standard InChI is InChI=1S/CH4O.ClH.Nd/c1-2;;/h2H,1H3;1H;. The molecule has 0 aromatic rings. The summed E-state index contributed by atoms with van der Waals surface area (Å²) in [6, 6.07) is 0. The number of hydrogen-bond acceptors (Lipinski definition) is 1. The van der Waals surface area contributed by atoms with Gasteiger partial charge in [-0.2, -0.15) is 0 Å². The third-order valence-corrected chi connectivity index (χ3v) is 0. The normalized spacial score (nSPS) is 1.50. The van der Waals surface area contributed by atoms with Gasteiger partial charge in [0.25, 0.3) is 0 Å². The van der Waals surface area contributed by atoms with Crippen LogP contribution in [0.3, 0.4) is 0 Å². The third kappa shape index (κ3) is 9.50. The van der Waals surface area contributed by atoms with Crippen molar-refractivity contribution in [1.82, 2.24) is 0 Å². The number of aliphatic hydroxyl groups is 1. The number of hydrogen-bond donors (Lipinski definition) is 1. The summed E-state index contributed by atoms with van der Waals surface area (Å²) in [6.45, 7) is 0. The van der Waals surface area contributed by atoms with Gasteiger partial charge >= 0.3 is 0 Å². The summed E-state index contributed by atoms with van der Waals surface area (Å²) >= 11 is 0. The van der Waals surface area contributed by atoms with E-state index in [1.165, 1.54) is 0 Å². The van der Waals surface area contributed by atoms with Crippen LogP contribution >= 0.6 is 12.4 Å². The van der Waals surface area contributed by atoms with Crippen LogP contribution in [-0.4, -0.2) is 12.2 Å². The number of rotatable bonds is 0. The zero-order valence-corrected chi connectivity index (χ0v) is 6.38. The topological polar surface area (TPSA) is 20.2 Å². The van der Waals surface area contributed by atoms with Gasteiger partial charge in [-0.3, -0.25) is 0 Å². The van der Waals surface area contributed by atoms with Crippen LogP contribution in [0, 0.1) is 40.8 Å². The monoisotopic (exact) mass is 210 g/mol. The Bertz CT molecular complexity index is 8.00. The Hall–Kier alpha value is 1.60. The van der Waals surface area contributed by atoms with E-state index in [9.17, 15) is 0 Å². The molecule has 0 saturated heterocycles. The van der Waals surface area contributed by atoms with E-state index in [0.717, 1.165) is 7.11 Å². The van der Waals surface area contributed by atoms with Gasteiger partial charge in [0.1, 0.15) is 0 Å². The summed E-state index contributed by atoms with van der Waals surface area (Å²) in [5.41, 5.74) is 0. The van der Waals surface area contributed by atoms with Crippen LogP contribution in [0.2, 0.25) is 0 Å². The smallest absolute Gasteiger partial charge is 0.0319 e. The van der Waals surface area contributed by atoms with Gasteiger partial charge in [0.2, 0.25) is 0 Å². The zero-order chi connectivity index (χ0) is 2.00. The van der Waals surface area contributed by atoms with Crippen molar-refractivity contribution in [2.75, 3.05) is 7.11 Å². The molecule has 0 aliphatic heterocycles. The van der Waals surface area contributed by atoms with E-state index in [2.05, 4.69) is 0 Å². The Morgan fingerprint density at radius 3 is 1.25 bits per heavy atom. The largest absolute Gasteiger partial charge is 0.400 e. The molecule has 1 nitrogen and oxygen atoms in total. The van der Waals surface area contributed by atoms with Crippen molar-refractivity contribution in [3.63, 3.8) is 0 Å². The summed E-state index contributed by atoms with van der Waals surface area (Å²) < 4.78 is 0. The molecule has 0 fully saturated rings. The minimum Gasteiger partial charge on any atom is -0.400 e. The molecule has 0 aromatic carbocycles. The molecular weight excluding hydrogens is 208 g/mol. The molecule has 0 aromatic heterocycles. The molecule has 26 valence electrons. The van der Waals surface area contributed by atoms with Gasteiger partial charge in [0.05, 0.1) is 0 Å². The van der Waals surface area contributed by atoms with Crippen LogP contribution in [0.25, 0.3) is 0 Å². The fraction of sp³-hybridized carbons (Fsp3) is 1.00. The van der Waals surface area contributed by atoms with E-state index in [-0.39, 0.29) is 53.2 Å². The fourth-order valence-electron chi connectivity index (χ4n) is 0. The predicted octanol–water partition coefficient (Wildman–Crippen LogP) is 0.0303. The van der Waals surface area contributed by atoms with Crippen LogP contribution in [0.5, 0.6) is 0 Å². The average molecular weight is 213 g/mol. The zero-order valence-electron chi connectivity index (χ0n) is 2.36. The van der Waals surface area contributed by atoms with Crippen LogP contribution in [0.1, 0.15) is 0 Å². The summed E-state index contributed by atoms with van der Waals surface area (Å²) in [4.78, 5) is 0. The first-order chi connectivity index (χ1) is 1.00. The maximum Gasteiger partial charge on any atom is 0.0319 e. The molecule has 0 saturated carbocycles. The first-order valence-electron chi connectivity index (χ1n) is 0.447. The van der Waals surface area contributed by atoms with E-state index < -0.39 is 0 Å². The third-order valence-electron chi connectivity index (χ3n) is 0. The Morgan fingerprint density at radius 1 is 1.25 bits per heavy atom. The maximum atomic E-state index is 7.00. The molecule has 3 heteroatoms. The molecule has 0 heterocycles. The summed E-state index contributed by atoms with van der Waals surface area (Å²) in [7, 11) is 1.00. The van der Waals surface area contributed by atoms with Gasteiger partial charge in [0, 0.05) is 47.9 Å². The first kappa shape index (κ1) is 17.5. The van der Waals surface area contributed by atoms with Crippen LogP contribution in [0.4, 0.5) is 0 Å². The van der Waals surface area contributed by atoms with E-state index in [1.807, 2.05) is 0 Å². The van der Waals surface area contributed by atoms with Gasteiger partial charge in [-0.05, 0) is 0 Å². The van der Waals surface area contributed by atoms with Gasteiger partial charge in [0.15, 0.2) is 0 Å². The van der Waals surface area contributed by atoms with Gasteiger partial charge in [-0.1, -0.05) is 0 Å². The van der Waals surface area contributed by atoms with Crippen LogP contribution in [-0.2, 0) is 0 Å². The first-order valence-corrected chi connectivity index (χ1v) is 0.447. The quantitative estimate of drug-likeness (QED) is 0.601. The second-order valence-electron chi connectivity index (χ2n) is 0. The van der Waals surface area contributed by atoms with Gasteiger partial charge in [-0.15, -0.1) is 12.4 Å². The molecular formula is CH5ClNdO. The molecule has 0 bridgehead atoms. The van der Waals surface area contributed by atoms with Crippen molar-refractivity contribution in [3.05, 3.63) is 0 Å². The van der Waals surface area contributed by atoms with Crippen molar-refractivity contribution in [2.24, 2.45) is 0 Å². The molecule has 0 spiro atoms. The molecule has 0 aliphatic carbocycles. The Balaban J connectivity index is -0.00000000500. The Morgan fingerprint density at radius 2 is 1.25 bits per heavy atom. The molecule has 0 amide bonds. The predicted molar refractivity (Wildman–Crippen MR) is 15.4 cm³/mol. The Kier molecular flexibility index (Phi) is 102. The molecule has 0 aliphatic rings. The van der Waals surface area contributed by atoms with Crippen molar-refractivity contribution in [2.45, 2.75) is 0 Å². The molecule has 4 heavy (non-hydrogen) atoms. The second-order valence-corrected chi connectivity index (χ2v) is 0. The molecule has 0 atom stereocenters. The van der Waals surface area contributed by atoms with Crippen molar-refractivity contribution < 1.29 is 45.9 Å². The van der Waals surface area contributed by atoms with Gasteiger partial charge < -0.3 is 5.11 Å². The van der Waals surface area contributed by atoms with Crippen molar-refractivity contribution >= 4 is 12.4 Å². The van der Waals surface area contributed by atoms with E-state index in [1.54, 1.807) is 0 Å². The number of halogens is 1. The summed E-state index contributed by atoms with van der Waals surface area (Å²) in [6.07, 6.45) is 0. The SMILES string of the molecule is CO.Cl.[Nd].